The molecule has 1 amide bonds. The number of hydrogen-bond acceptors (Lipinski definition) is 5. The fourth-order valence-corrected chi connectivity index (χ4v) is 2.04. The highest BCUT2D eigenvalue weighted by molar-refractivity contribution is 7.89. The van der Waals surface area contributed by atoms with Crippen molar-refractivity contribution in [1.82, 2.24) is 19.5 Å². The van der Waals surface area contributed by atoms with Gasteiger partial charge in [0.15, 0.2) is 0 Å². The van der Waals surface area contributed by atoms with Crippen LogP contribution in [-0.2, 0) is 17.1 Å². The van der Waals surface area contributed by atoms with Crippen molar-refractivity contribution in [2.45, 2.75) is 0 Å². The van der Waals surface area contributed by atoms with Gasteiger partial charge in [0.25, 0.3) is 5.91 Å². The van der Waals surface area contributed by atoms with Gasteiger partial charge in [-0.2, -0.15) is 5.10 Å². The Labute approximate surface area is 110 Å². The van der Waals surface area contributed by atoms with Crippen molar-refractivity contribution in [3.63, 3.8) is 0 Å². The maximum absolute atomic E-state index is 11.9. The van der Waals surface area contributed by atoms with E-state index in [0.29, 0.717) is 11.3 Å². The summed E-state index contributed by atoms with van der Waals surface area (Å²) in [6.45, 7) is 0. The summed E-state index contributed by atoms with van der Waals surface area (Å²) in [5, 5.41) is 4.15. The SMILES string of the molecule is Cn1cc(C(=O)NS(C)(=O)=O)c(-c2cccnc2)n1. The molecule has 19 heavy (non-hydrogen) atoms. The highest BCUT2D eigenvalue weighted by Crippen LogP contribution is 2.20. The number of hydrogen-bond donors (Lipinski definition) is 1. The zero-order valence-electron chi connectivity index (χ0n) is 10.4. The Hall–Kier alpha value is -2.22. The van der Waals surface area contributed by atoms with Crippen LogP contribution < -0.4 is 4.72 Å². The Morgan fingerprint density at radius 2 is 2.16 bits per heavy atom. The summed E-state index contributed by atoms with van der Waals surface area (Å²) in [6, 6.07) is 3.45. The van der Waals surface area contributed by atoms with Gasteiger partial charge in [0.2, 0.25) is 10.0 Å². The number of amides is 1. The average molecular weight is 280 g/mol. The molecule has 0 aromatic carbocycles. The second kappa shape index (κ2) is 4.81. The molecule has 2 heterocycles. The van der Waals surface area contributed by atoms with Gasteiger partial charge in [-0.1, -0.05) is 0 Å². The standard InChI is InChI=1S/C11H12N4O3S/c1-15-7-9(11(16)14-19(2,17)18)10(13-15)8-4-3-5-12-6-8/h3-7H,1-2H3,(H,14,16). The third-order valence-corrected chi connectivity index (χ3v) is 2.84. The zero-order valence-corrected chi connectivity index (χ0v) is 11.2. The Bertz CT molecular complexity index is 707. The Morgan fingerprint density at radius 3 is 2.74 bits per heavy atom. The molecule has 7 nitrogen and oxygen atoms in total. The topological polar surface area (TPSA) is 94.0 Å². The van der Waals surface area contributed by atoms with Crippen LogP contribution in [0.1, 0.15) is 10.4 Å². The van der Waals surface area contributed by atoms with E-state index in [1.54, 1.807) is 31.6 Å². The summed E-state index contributed by atoms with van der Waals surface area (Å²) in [5.74, 6) is -0.713. The molecular formula is C11H12N4O3S. The molecule has 2 rings (SSSR count). The Morgan fingerprint density at radius 1 is 1.42 bits per heavy atom. The van der Waals surface area contributed by atoms with Gasteiger partial charge in [-0.05, 0) is 12.1 Å². The van der Waals surface area contributed by atoms with Gasteiger partial charge in [0, 0.05) is 31.2 Å². The van der Waals surface area contributed by atoms with Crippen molar-refractivity contribution in [1.29, 1.82) is 0 Å². The molecule has 0 unspecified atom stereocenters. The van der Waals surface area contributed by atoms with E-state index < -0.39 is 15.9 Å². The van der Waals surface area contributed by atoms with E-state index in [1.807, 2.05) is 4.72 Å². The predicted octanol–water partition coefficient (Wildman–Crippen LogP) is 0.171. The van der Waals surface area contributed by atoms with E-state index in [2.05, 4.69) is 10.1 Å². The highest BCUT2D eigenvalue weighted by atomic mass is 32.2. The van der Waals surface area contributed by atoms with Crippen LogP contribution in [0.25, 0.3) is 11.3 Å². The lowest BCUT2D eigenvalue weighted by atomic mass is 10.1. The molecule has 0 saturated heterocycles. The second-order valence-corrected chi connectivity index (χ2v) is 5.76. The third-order valence-electron chi connectivity index (χ3n) is 2.29. The van der Waals surface area contributed by atoms with Gasteiger partial charge in [0.1, 0.15) is 5.69 Å². The molecule has 0 aliphatic rings. The predicted molar refractivity (Wildman–Crippen MR) is 68.7 cm³/mol. The van der Waals surface area contributed by atoms with Crippen LogP contribution in [0.5, 0.6) is 0 Å². The minimum Gasteiger partial charge on any atom is -0.274 e. The van der Waals surface area contributed by atoms with Crippen molar-refractivity contribution in [3.05, 3.63) is 36.3 Å². The maximum atomic E-state index is 11.9. The number of nitrogens with zero attached hydrogens (tertiary/aromatic N) is 3. The van der Waals surface area contributed by atoms with Crippen molar-refractivity contribution < 1.29 is 13.2 Å². The van der Waals surface area contributed by atoms with Crippen molar-refractivity contribution in [2.24, 2.45) is 7.05 Å². The first-order valence-corrected chi connectivity index (χ1v) is 7.22. The van der Waals surface area contributed by atoms with E-state index in [-0.39, 0.29) is 5.56 Å². The van der Waals surface area contributed by atoms with Crippen molar-refractivity contribution in [2.75, 3.05) is 6.26 Å². The maximum Gasteiger partial charge on any atom is 0.268 e. The van der Waals surface area contributed by atoms with Crippen LogP contribution in [0, 0.1) is 0 Å². The number of aromatic nitrogens is 3. The lowest BCUT2D eigenvalue weighted by Gasteiger charge is -2.02. The van der Waals surface area contributed by atoms with Crippen molar-refractivity contribution >= 4 is 15.9 Å². The minimum absolute atomic E-state index is 0.181. The van der Waals surface area contributed by atoms with Crippen LogP contribution in [0.2, 0.25) is 0 Å². The number of pyridine rings is 1. The van der Waals surface area contributed by atoms with Crippen LogP contribution in [0.3, 0.4) is 0 Å². The third kappa shape index (κ3) is 3.16. The average Bonchev–Trinajstić information content (AvgIpc) is 2.70. The summed E-state index contributed by atoms with van der Waals surface area (Å²) in [6.07, 6.45) is 5.54. The molecule has 0 fully saturated rings. The van der Waals surface area contributed by atoms with Crippen LogP contribution >= 0.6 is 0 Å². The van der Waals surface area contributed by atoms with Gasteiger partial charge >= 0.3 is 0 Å². The minimum atomic E-state index is -3.61. The smallest absolute Gasteiger partial charge is 0.268 e. The summed E-state index contributed by atoms with van der Waals surface area (Å²) in [4.78, 5) is 15.8. The Balaban J connectivity index is 2.45. The zero-order chi connectivity index (χ0) is 14.0. The summed E-state index contributed by atoms with van der Waals surface area (Å²) in [7, 11) is -1.96. The van der Waals surface area contributed by atoms with Gasteiger partial charge in [-0.25, -0.2) is 13.1 Å². The van der Waals surface area contributed by atoms with Gasteiger partial charge in [0.05, 0.1) is 11.8 Å². The number of aryl methyl sites for hydroxylation is 1. The molecule has 0 saturated carbocycles. The monoisotopic (exact) mass is 280 g/mol. The van der Waals surface area contributed by atoms with E-state index in [0.717, 1.165) is 6.26 Å². The summed E-state index contributed by atoms with van der Waals surface area (Å²) < 4.78 is 25.6. The molecule has 8 heteroatoms. The molecule has 1 N–H and O–H groups in total. The first-order chi connectivity index (χ1) is 8.87. The van der Waals surface area contributed by atoms with E-state index in [9.17, 15) is 13.2 Å². The van der Waals surface area contributed by atoms with Gasteiger partial charge in [-0.15, -0.1) is 0 Å². The number of carbonyl (C=O) groups excluding carboxylic acids is 1. The molecular weight excluding hydrogens is 268 g/mol. The van der Waals surface area contributed by atoms with E-state index in [1.165, 1.54) is 10.9 Å². The molecule has 2 aromatic rings. The molecule has 0 spiro atoms. The molecule has 100 valence electrons. The van der Waals surface area contributed by atoms with E-state index in [4.69, 9.17) is 0 Å². The first kappa shape index (κ1) is 13.2. The van der Waals surface area contributed by atoms with Crippen molar-refractivity contribution in [3.8, 4) is 11.3 Å². The fourth-order valence-electron chi connectivity index (χ4n) is 1.59. The van der Waals surface area contributed by atoms with Crippen LogP contribution in [0.4, 0.5) is 0 Å². The molecule has 0 radical (unpaired) electrons. The second-order valence-electron chi connectivity index (χ2n) is 4.01. The largest absolute Gasteiger partial charge is 0.274 e. The van der Waals surface area contributed by atoms with Crippen LogP contribution in [-0.4, -0.2) is 35.3 Å². The number of nitrogens with one attached hydrogen (secondary N) is 1. The lowest BCUT2D eigenvalue weighted by Crippen LogP contribution is -2.29. The van der Waals surface area contributed by atoms with Gasteiger partial charge in [-0.3, -0.25) is 14.5 Å². The number of carbonyl (C=O) groups is 1. The molecule has 0 aliphatic carbocycles. The van der Waals surface area contributed by atoms with E-state index >= 15 is 0 Å². The summed E-state index contributed by atoms with van der Waals surface area (Å²) in [5.41, 5.74) is 1.21. The fraction of sp³-hybridized carbons (Fsp3) is 0.182. The van der Waals surface area contributed by atoms with Gasteiger partial charge < -0.3 is 0 Å². The molecule has 0 aliphatic heterocycles. The lowest BCUT2D eigenvalue weighted by molar-refractivity contribution is 0.0982. The van der Waals surface area contributed by atoms with Crippen LogP contribution in [0.15, 0.2) is 30.7 Å². The number of sulfonamides is 1. The highest BCUT2D eigenvalue weighted by Gasteiger charge is 2.19. The Kier molecular flexibility index (Phi) is 3.34. The number of rotatable bonds is 3. The first-order valence-electron chi connectivity index (χ1n) is 5.33. The quantitative estimate of drug-likeness (QED) is 0.865. The summed E-state index contributed by atoms with van der Waals surface area (Å²) >= 11 is 0. The molecule has 0 atom stereocenters. The molecule has 2 aromatic heterocycles. The molecule has 0 bridgehead atoms. The normalized spacial score (nSPS) is 11.3.